The van der Waals surface area contributed by atoms with Crippen LogP contribution in [-0.4, -0.2) is 6.29 Å². The molecule has 2 aromatic rings. The first-order valence-electron chi connectivity index (χ1n) is 4.87. The fourth-order valence-electron chi connectivity index (χ4n) is 1.33. The van der Waals surface area contributed by atoms with Gasteiger partial charge in [0.1, 0.15) is 5.82 Å². The van der Waals surface area contributed by atoms with E-state index in [9.17, 15) is 9.18 Å². The van der Waals surface area contributed by atoms with E-state index in [1.54, 1.807) is 30.3 Å². The molecule has 0 radical (unpaired) electrons. The van der Waals surface area contributed by atoms with Gasteiger partial charge < -0.3 is 0 Å². The zero-order valence-electron chi connectivity index (χ0n) is 8.69. The van der Waals surface area contributed by atoms with Crippen molar-refractivity contribution in [2.24, 2.45) is 0 Å². The average molecular weight is 267 g/mol. The van der Waals surface area contributed by atoms with Crippen LogP contribution in [-0.2, 0) is 0 Å². The van der Waals surface area contributed by atoms with Gasteiger partial charge in [-0.3, -0.25) is 4.79 Å². The number of hydrogen-bond acceptors (Lipinski definition) is 2. The normalized spacial score (nSPS) is 10.2. The Labute approximate surface area is 108 Å². The summed E-state index contributed by atoms with van der Waals surface area (Å²) in [7, 11) is 0. The lowest BCUT2D eigenvalue weighted by molar-refractivity contribution is 0.112. The second-order valence-electron chi connectivity index (χ2n) is 3.36. The van der Waals surface area contributed by atoms with Crippen molar-refractivity contribution < 1.29 is 9.18 Å². The Kier molecular flexibility index (Phi) is 3.82. The summed E-state index contributed by atoms with van der Waals surface area (Å²) in [6.07, 6.45) is 0.762. The number of hydrogen-bond donors (Lipinski definition) is 0. The fraction of sp³-hybridized carbons (Fsp3) is 0. The zero-order chi connectivity index (χ0) is 12.3. The standard InChI is InChI=1S/C13H8ClFOS/c14-10-1-6-13(9(7-10)8-16)17-12-4-2-11(15)3-5-12/h1-8H. The minimum Gasteiger partial charge on any atom is -0.298 e. The smallest absolute Gasteiger partial charge is 0.151 e. The summed E-state index contributed by atoms with van der Waals surface area (Å²) in [5.41, 5.74) is 0.534. The molecule has 17 heavy (non-hydrogen) atoms. The number of aldehydes is 1. The van der Waals surface area contributed by atoms with Gasteiger partial charge in [-0.25, -0.2) is 4.39 Å². The number of benzene rings is 2. The zero-order valence-corrected chi connectivity index (χ0v) is 10.3. The Morgan fingerprint density at radius 3 is 2.47 bits per heavy atom. The lowest BCUT2D eigenvalue weighted by Crippen LogP contribution is -1.85. The Morgan fingerprint density at radius 2 is 1.82 bits per heavy atom. The van der Waals surface area contributed by atoms with Crippen molar-refractivity contribution in [1.29, 1.82) is 0 Å². The van der Waals surface area contributed by atoms with E-state index in [-0.39, 0.29) is 5.82 Å². The summed E-state index contributed by atoms with van der Waals surface area (Å²) < 4.78 is 12.7. The van der Waals surface area contributed by atoms with E-state index in [1.807, 2.05) is 0 Å². The molecule has 0 unspecified atom stereocenters. The van der Waals surface area contributed by atoms with Gasteiger partial charge in [0.05, 0.1) is 0 Å². The second kappa shape index (κ2) is 5.34. The lowest BCUT2D eigenvalue weighted by Gasteiger charge is -2.04. The quantitative estimate of drug-likeness (QED) is 0.764. The van der Waals surface area contributed by atoms with Crippen molar-refractivity contribution in [3.8, 4) is 0 Å². The lowest BCUT2D eigenvalue weighted by atomic mass is 10.2. The molecule has 0 aromatic heterocycles. The summed E-state index contributed by atoms with van der Waals surface area (Å²) in [5.74, 6) is -0.277. The molecule has 86 valence electrons. The van der Waals surface area contributed by atoms with E-state index < -0.39 is 0 Å². The molecule has 0 spiro atoms. The van der Waals surface area contributed by atoms with Crippen LogP contribution in [0, 0.1) is 5.82 Å². The second-order valence-corrected chi connectivity index (χ2v) is 4.91. The summed E-state index contributed by atoms with van der Waals surface area (Å²) in [6, 6.07) is 11.2. The van der Waals surface area contributed by atoms with Gasteiger partial charge in [0.25, 0.3) is 0 Å². The van der Waals surface area contributed by atoms with E-state index in [1.165, 1.54) is 23.9 Å². The molecular formula is C13H8ClFOS. The number of carbonyl (C=O) groups excluding carboxylic acids is 1. The highest BCUT2D eigenvalue weighted by molar-refractivity contribution is 7.99. The third-order valence-electron chi connectivity index (χ3n) is 2.14. The van der Waals surface area contributed by atoms with Crippen LogP contribution in [0.4, 0.5) is 4.39 Å². The predicted octanol–water partition coefficient (Wildman–Crippen LogP) is 4.44. The van der Waals surface area contributed by atoms with Gasteiger partial charge in [0.15, 0.2) is 6.29 Å². The number of carbonyl (C=O) groups is 1. The topological polar surface area (TPSA) is 17.1 Å². The Balaban J connectivity index is 2.29. The molecule has 0 N–H and O–H groups in total. The molecule has 0 atom stereocenters. The maximum Gasteiger partial charge on any atom is 0.151 e. The Hall–Kier alpha value is -1.32. The summed E-state index contributed by atoms with van der Waals surface area (Å²) in [5, 5.41) is 0.524. The predicted molar refractivity (Wildman–Crippen MR) is 67.4 cm³/mol. The van der Waals surface area contributed by atoms with Crippen molar-refractivity contribution >= 4 is 29.6 Å². The van der Waals surface area contributed by atoms with Crippen LogP contribution >= 0.6 is 23.4 Å². The summed E-state index contributed by atoms with van der Waals surface area (Å²) >= 11 is 7.20. The van der Waals surface area contributed by atoms with E-state index in [2.05, 4.69) is 0 Å². The molecule has 0 saturated heterocycles. The van der Waals surface area contributed by atoms with Crippen molar-refractivity contribution in [1.82, 2.24) is 0 Å². The van der Waals surface area contributed by atoms with Crippen LogP contribution in [0.2, 0.25) is 5.02 Å². The minimum absolute atomic E-state index is 0.277. The van der Waals surface area contributed by atoms with Crippen molar-refractivity contribution in [2.45, 2.75) is 9.79 Å². The molecule has 0 amide bonds. The molecule has 2 aromatic carbocycles. The molecule has 1 nitrogen and oxygen atoms in total. The molecule has 0 aliphatic rings. The molecule has 0 saturated carbocycles. The van der Waals surface area contributed by atoms with Gasteiger partial charge in [-0.05, 0) is 42.5 Å². The third-order valence-corrected chi connectivity index (χ3v) is 3.47. The van der Waals surface area contributed by atoms with E-state index in [0.29, 0.717) is 10.6 Å². The van der Waals surface area contributed by atoms with Crippen LogP contribution in [0.3, 0.4) is 0 Å². The highest BCUT2D eigenvalue weighted by Crippen LogP contribution is 2.31. The van der Waals surface area contributed by atoms with Gasteiger partial charge in [0.2, 0.25) is 0 Å². The first kappa shape index (κ1) is 12.1. The van der Waals surface area contributed by atoms with Crippen LogP contribution in [0.15, 0.2) is 52.3 Å². The maximum atomic E-state index is 12.7. The van der Waals surface area contributed by atoms with E-state index in [4.69, 9.17) is 11.6 Å². The molecule has 0 bridgehead atoms. The molecule has 0 heterocycles. The molecule has 0 fully saturated rings. The Bertz CT molecular complexity index is 540. The maximum absolute atomic E-state index is 12.7. The van der Waals surface area contributed by atoms with Crippen molar-refractivity contribution in [3.05, 3.63) is 58.9 Å². The third kappa shape index (κ3) is 3.08. The minimum atomic E-state index is -0.277. The first-order valence-corrected chi connectivity index (χ1v) is 6.06. The van der Waals surface area contributed by atoms with E-state index >= 15 is 0 Å². The van der Waals surface area contributed by atoms with Gasteiger partial charge in [0, 0.05) is 20.4 Å². The van der Waals surface area contributed by atoms with Gasteiger partial charge in [-0.2, -0.15) is 0 Å². The first-order chi connectivity index (χ1) is 8.19. The van der Waals surface area contributed by atoms with Crippen LogP contribution < -0.4 is 0 Å². The van der Waals surface area contributed by atoms with Gasteiger partial charge in [-0.15, -0.1) is 0 Å². The number of rotatable bonds is 3. The number of halogens is 2. The summed E-state index contributed by atoms with van der Waals surface area (Å²) in [6.45, 7) is 0. The molecular weight excluding hydrogens is 259 g/mol. The van der Waals surface area contributed by atoms with Crippen LogP contribution in [0.1, 0.15) is 10.4 Å². The van der Waals surface area contributed by atoms with Crippen LogP contribution in [0.5, 0.6) is 0 Å². The average Bonchev–Trinajstić information content (AvgIpc) is 2.34. The fourth-order valence-corrected chi connectivity index (χ4v) is 2.40. The Morgan fingerprint density at radius 1 is 1.12 bits per heavy atom. The molecule has 0 aliphatic heterocycles. The van der Waals surface area contributed by atoms with Crippen molar-refractivity contribution in [2.75, 3.05) is 0 Å². The van der Waals surface area contributed by atoms with Gasteiger partial charge in [-0.1, -0.05) is 23.4 Å². The summed E-state index contributed by atoms with van der Waals surface area (Å²) in [4.78, 5) is 12.6. The van der Waals surface area contributed by atoms with Crippen LogP contribution in [0.25, 0.3) is 0 Å². The molecule has 0 aliphatic carbocycles. The molecule has 4 heteroatoms. The SMILES string of the molecule is O=Cc1cc(Cl)ccc1Sc1ccc(F)cc1. The highest BCUT2D eigenvalue weighted by atomic mass is 35.5. The molecule has 2 rings (SSSR count). The largest absolute Gasteiger partial charge is 0.298 e. The van der Waals surface area contributed by atoms with Gasteiger partial charge >= 0.3 is 0 Å². The van der Waals surface area contributed by atoms with Crippen molar-refractivity contribution in [3.63, 3.8) is 0 Å². The van der Waals surface area contributed by atoms with E-state index in [0.717, 1.165) is 16.1 Å². The highest BCUT2D eigenvalue weighted by Gasteiger charge is 2.04. The monoisotopic (exact) mass is 266 g/mol.